The molecule has 0 N–H and O–H groups in total. The summed E-state index contributed by atoms with van der Waals surface area (Å²) in [6.07, 6.45) is -4.62. The summed E-state index contributed by atoms with van der Waals surface area (Å²) in [5, 5.41) is 8.52. The Morgan fingerprint density at radius 1 is 1.40 bits per heavy atom. The van der Waals surface area contributed by atoms with Crippen LogP contribution in [-0.2, 0) is 6.18 Å². The van der Waals surface area contributed by atoms with Crippen molar-refractivity contribution in [2.45, 2.75) is 6.18 Å². The van der Waals surface area contributed by atoms with Gasteiger partial charge in [0.1, 0.15) is 0 Å². The Morgan fingerprint density at radius 2 is 2.00 bits per heavy atom. The molecule has 0 fully saturated rings. The molecule has 0 aliphatic rings. The van der Waals surface area contributed by atoms with E-state index in [1.807, 2.05) is 0 Å². The monoisotopic (exact) mass is 274 g/mol. The lowest BCUT2D eigenvalue weighted by Gasteiger charge is -2.09. The first-order chi connectivity index (χ1) is 6.90. The maximum atomic E-state index is 12.4. The van der Waals surface area contributed by atoms with Crippen LogP contribution in [-0.4, -0.2) is 0 Å². The van der Waals surface area contributed by atoms with E-state index in [2.05, 4.69) is 20.8 Å². The molecule has 0 aliphatic heterocycles. The van der Waals surface area contributed by atoms with Gasteiger partial charge in [0.2, 0.25) is 5.69 Å². The molecule has 0 atom stereocenters. The molecular formula is C9H2BrF3N2. The first kappa shape index (κ1) is 11.5. The molecule has 0 aromatic heterocycles. The average molecular weight is 275 g/mol. The average Bonchev–Trinajstić information content (AvgIpc) is 2.15. The Labute approximate surface area is 91.9 Å². The van der Waals surface area contributed by atoms with Gasteiger partial charge in [0.15, 0.2) is 0 Å². The smallest absolute Gasteiger partial charge is 0.237 e. The minimum Gasteiger partial charge on any atom is -0.237 e. The van der Waals surface area contributed by atoms with Gasteiger partial charge in [-0.05, 0) is 12.1 Å². The van der Waals surface area contributed by atoms with Gasteiger partial charge < -0.3 is 0 Å². The zero-order valence-electron chi connectivity index (χ0n) is 7.06. The van der Waals surface area contributed by atoms with Gasteiger partial charge in [-0.3, -0.25) is 0 Å². The number of alkyl halides is 3. The number of benzene rings is 1. The highest BCUT2D eigenvalue weighted by atomic mass is 79.9. The van der Waals surface area contributed by atoms with Gasteiger partial charge >= 0.3 is 6.18 Å². The number of rotatable bonds is 0. The lowest BCUT2D eigenvalue weighted by Crippen LogP contribution is -2.07. The largest absolute Gasteiger partial charge is 0.416 e. The van der Waals surface area contributed by atoms with Crippen molar-refractivity contribution in [2.24, 2.45) is 0 Å². The molecule has 2 nitrogen and oxygen atoms in total. The van der Waals surface area contributed by atoms with E-state index in [-0.39, 0.29) is 10.2 Å². The normalized spacial score (nSPS) is 10.5. The second kappa shape index (κ2) is 3.92. The summed E-state index contributed by atoms with van der Waals surface area (Å²) >= 11 is 2.92. The summed E-state index contributed by atoms with van der Waals surface area (Å²) in [5.41, 5.74) is -1.75. The lowest BCUT2D eigenvalue weighted by atomic mass is 10.1. The number of hydrogen-bond donors (Lipinski definition) is 0. The van der Waals surface area contributed by atoms with Crippen molar-refractivity contribution in [1.29, 1.82) is 5.26 Å². The third-order valence-electron chi connectivity index (χ3n) is 1.63. The van der Waals surface area contributed by atoms with E-state index < -0.39 is 17.3 Å². The summed E-state index contributed by atoms with van der Waals surface area (Å²) in [6.45, 7) is 6.66. The number of nitriles is 1. The van der Waals surface area contributed by atoms with Gasteiger partial charge in [0.25, 0.3) is 0 Å². The van der Waals surface area contributed by atoms with E-state index in [0.29, 0.717) is 6.07 Å². The first-order valence-electron chi connectivity index (χ1n) is 3.58. The minimum absolute atomic E-state index is 0.165. The van der Waals surface area contributed by atoms with Crippen molar-refractivity contribution in [3.05, 3.63) is 39.1 Å². The van der Waals surface area contributed by atoms with Crippen LogP contribution in [0.5, 0.6) is 0 Å². The zero-order chi connectivity index (χ0) is 11.6. The second-order valence-electron chi connectivity index (χ2n) is 2.57. The van der Waals surface area contributed by atoms with Crippen molar-refractivity contribution in [3.63, 3.8) is 0 Å². The number of halogens is 4. The van der Waals surface area contributed by atoms with Crippen molar-refractivity contribution >= 4 is 21.6 Å². The van der Waals surface area contributed by atoms with E-state index in [0.717, 1.165) is 6.07 Å². The van der Waals surface area contributed by atoms with Crippen LogP contribution >= 0.6 is 15.9 Å². The van der Waals surface area contributed by atoms with Gasteiger partial charge in [-0.2, -0.15) is 18.4 Å². The van der Waals surface area contributed by atoms with Crippen molar-refractivity contribution in [2.75, 3.05) is 0 Å². The van der Waals surface area contributed by atoms with Crippen LogP contribution in [0.2, 0.25) is 0 Å². The zero-order valence-corrected chi connectivity index (χ0v) is 8.65. The summed E-state index contributed by atoms with van der Waals surface area (Å²) < 4.78 is 37.4. The quantitative estimate of drug-likeness (QED) is 0.660. The Morgan fingerprint density at radius 3 is 2.40 bits per heavy atom. The first-order valence-corrected chi connectivity index (χ1v) is 4.37. The highest BCUT2D eigenvalue weighted by Crippen LogP contribution is 2.37. The third-order valence-corrected chi connectivity index (χ3v) is 2.27. The number of hydrogen-bond acceptors (Lipinski definition) is 1. The molecule has 0 saturated carbocycles. The fourth-order valence-corrected chi connectivity index (χ4v) is 1.41. The molecular weight excluding hydrogens is 273 g/mol. The highest BCUT2D eigenvalue weighted by Gasteiger charge is 2.34. The van der Waals surface area contributed by atoms with Crippen molar-refractivity contribution in [1.82, 2.24) is 0 Å². The molecule has 0 saturated heterocycles. The van der Waals surface area contributed by atoms with Crippen molar-refractivity contribution < 1.29 is 13.2 Å². The summed E-state index contributed by atoms with van der Waals surface area (Å²) in [7, 11) is 0. The Balaban J connectivity index is 3.53. The van der Waals surface area contributed by atoms with E-state index >= 15 is 0 Å². The van der Waals surface area contributed by atoms with E-state index in [1.54, 1.807) is 0 Å². The van der Waals surface area contributed by atoms with Gasteiger partial charge in [-0.25, -0.2) is 4.85 Å². The van der Waals surface area contributed by atoms with Crippen LogP contribution < -0.4 is 0 Å². The summed E-state index contributed by atoms with van der Waals surface area (Å²) in [4.78, 5) is 2.91. The molecule has 6 heteroatoms. The molecule has 0 aliphatic carbocycles. The SMILES string of the molecule is [C-]#[N+]c1cc(C(F)(F)F)c(C#N)cc1Br. The van der Waals surface area contributed by atoms with Crippen molar-refractivity contribution in [3.8, 4) is 6.07 Å². The molecule has 76 valence electrons. The van der Waals surface area contributed by atoms with E-state index in [9.17, 15) is 13.2 Å². The van der Waals surface area contributed by atoms with Crippen LogP contribution in [0, 0.1) is 17.9 Å². The standard InChI is InChI=1S/C9H2BrF3N2/c1-15-8-3-6(9(11,12)13)5(4-14)2-7(8)10/h2-3H. The fraction of sp³-hybridized carbons (Fsp3) is 0.111. The summed E-state index contributed by atoms with van der Waals surface area (Å²) in [6, 6.07) is 3.10. The van der Waals surface area contributed by atoms with Crippen LogP contribution in [0.1, 0.15) is 11.1 Å². The van der Waals surface area contributed by atoms with Gasteiger partial charge in [0.05, 0.1) is 23.8 Å². The Bertz CT molecular complexity index is 480. The molecule has 15 heavy (non-hydrogen) atoms. The predicted molar refractivity (Wildman–Crippen MR) is 50.1 cm³/mol. The number of nitrogens with zero attached hydrogens (tertiary/aromatic N) is 2. The molecule has 0 heterocycles. The topological polar surface area (TPSA) is 28.1 Å². The van der Waals surface area contributed by atoms with Crippen LogP contribution in [0.4, 0.5) is 18.9 Å². The molecule has 1 aromatic carbocycles. The maximum absolute atomic E-state index is 12.4. The fourth-order valence-electron chi connectivity index (χ4n) is 0.975. The van der Waals surface area contributed by atoms with Crippen LogP contribution in [0.25, 0.3) is 4.85 Å². The molecule has 1 rings (SSSR count). The second-order valence-corrected chi connectivity index (χ2v) is 3.42. The molecule has 0 spiro atoms. The van der Waals surface area contributed by atoms with E-state index in [4.69, 9.17) is 11.8 Å². The molecule has 0 amide bonds. The van der Waals surface area contributed by atoms with E-state index in [1.165, 1.54) is 6.07 Å². The van der Waals surface area contributed by atoms with Crippen LogP contribution in [0.3, 0.4) is 0 Å². The van der Waals surface area contributed by atoms with Gasteiger partial charge in [0, 0.05) is 4.47 Å². The Hall–Kier alpha value is -1.53. The van der Waals surface area contributed by atoms with Crippen LogP contribution in [0.15, 0.2) is 16.6 Å². The molecule has 0 bridgehead atoms. The maximum Gasteiger partial charge on any atom is 0.416 e. The third kappa shape index (κ3) is 2.28. The van der Waals surface area contributed by atoms with Gasteiger partial charge in [-0.1, -0.05) is 15.9 Å². The van der Waals surface area contributed by atoms with Gasteiger partial charge in [-0.15, -0.1) is 0 Å². The lowest BCUT2D eigenvalue weighted by molar-refractivity contribution is -0.137. The minimum atomic E-state index is -4.62. The highest BCUT2D eigenvalue weighted by molar-refractivity contribution is 9.10. The Kier molecular flexibility index (Phi) is 3.01. The summed E-state index contributed by atoms with van der Waals surface area (Å²) in [5.74, 6) is 0. The molecule has 0 unspecified atom stereocenters. The predicted octanol–water partition coefficient (Wildman–Crippen LogP) is 3.89. The molecule has 0 radical (unpaired) electrons. The molecule has 1 aromatic rings.